The summed E-state index contributed by atoms with van der Waals surface area (Å²) in [6, 6.07) is 13.7. The number of nitrogens with zero attached hydrogens (tertiary/aromatic N) is 5. The summed E-state index contributed by atoms with van der Waals surface area (Å²) in [5.41, 5.74) is 2.81. The van der Waals surface area contributed by atoms with Crippen LogP contribution in [0.15, 0.2) is 61.1 Å². The van der Waals surface area contributed by atoms with Crippen molar-refractivity contribution in [1.29, 1.82) is 0 Å². The normalized spacial score (nSPS) is 15.1. The zero-order valence-electron chi connectivity index (χ0n) is 15.5. The number of amides is 1. The molecule has 1 aliphatic heterocycles. The molecule has 0 aliphatic carbocycles. The van der Waals surface area contributed by atoms with Crippen LogP contribution in [0.1, 0.15) is 16.1 Å². The summed E-state index contributed by atoms with van der Waals surface area (Å²) < 4.78 is 1.97. The third-order valence-electron chi connectivity index (χ3n) is 4.98. The molecule has 1 saturated heterocycles. The summed E-state index contributed by atoms with van der Waals surface area (Å²) in [4.78, 5) is 25.8. The fourth-order valence-corrected chi connectivity index (χ4v) is 3.42. The molecule has 0 atom stereocenters. The monoisotopic (exact) mass is 361 g/mol. The van der Waals surface area contributed by atoms with Gasteiger partial charge in [0.2, 0.25) is 0 Å². The molecular weight excluding hydrogens is 338 g/mol. The Morgan fingerprint density at radius 3 is 2.37 bits per heavy atom. The molecule has 0 radical (unpaired) electrons. The summed E-state index contributed by atoms with van der Waals surface area (Å²) in [7, 11) is 1.96. The van der Waals surface area contributed by atoms with E-state index in [9.17, 15) is 4.79 Å². The highest BCUT2D eigenvalue weighted by Crippen LogP contribution is 2.18. The minimum atomic E-state index is 0.0962. The van der Waals surface area contributed by atoms with Crippen LogP contribution in [0.5, 0.6) is 0 Å². The Bertz CT molecular complexity index is 896. The Balaban J connectivity index is 1.36. The first-order valence-corrected chi connectivity index (χ1v) is 9.20. The van der Waals surface area contributed by atoms with Gasteiger partial charge in [-0.1, -0.05) is 18.2 Å². The van der Waals surface area contributed by atoms with Crippen LogP contribution in [0.2, 0.25) is 0 Å². The lowest BCUT2D eigenvalue weighted by atomic mass is 10.1. The molecule has 2 aromatic heterocycles. The number of carbonyl (C=O) groups excluding carboxylic acids is 1. The van der Waals surface area contributed by atoms with E-state index in [0.717, 1.165) is 55.4 Å². The second-order valence-electron chi connectivity index (χ2n) is 6.83. The molecule has 27 heavy (non-hydrogen) atoms. The molecule has 6 heteroatoms. The van der Waals surface area contributed by atoms with Gasteiger partial charge in [-0.15, -0.1) is 0 Å². The van der Waals surface area contributed by atoms with Gasteiger partial charge in [0.15, 0.2) is 0 Å². The lowest BCUT2D eigenvalue weighted by molar-refractivity contribution is 0.0627. The molecule has 3 heterocycles. The van der Waals surface area contributed by atoms with E-state index >= 15 is 0 Å². The Labute approximate surface area is 159 Å². The third-order valence-corrected chi connectivity index (χ3v) is 4.98. The van der Waals surface area contributed by atoms with Crippen molar-refractivity contribution >= 4 is 5.91 Å². The molecule has 0 N–H and O–H groups in total. The minimum Gasteiger partial charge on any atom is -0.336 e. The maximum atomic E-state index is 12.8. The van der Waals surface area contributed by atoms with E-state index in [4.69, 9.17) is 0 Å². The van der Waals surface area contributed by atoms with E-state index in [0.29, 0.717) is 0 Å². The van der Waals surface area contributed by atoms with Gasteiger partial charge in [-0.05, 0) is 24.3 Å². The summed E-state index contributed by atoms with van der Waals surface area (Å²) in [6.07, 6.45) is 5.52. The number of carbonyl (C=O) groups is 1. The quantitative estimate of drug-likeness (QED) is 0.716. The zero-order valence-corrected chi connectivity index (χ0v) is 15.5. The number of hydrogen-bond donors (Lipinski definition) is 0. The first-order chi connectivity index (χ1) is 13.2. The van der Waals surface area contributed by atoms with Gasteiger partial charge in [-0.2, -0.15) is 0 Å². The molecule has 4 rings (SSSR count). The van der Waals surface area contributed by atoms with Crippen molar-refractivity contribution in [2.24, 2.45) is 7.05 Å². The summed E-state index contributed by atoms with van der Waals surface area (Å²) in [5, 5.41) is 0. The van der Waals surface area contributed by atoms with Crippen LogP contribution < -0.4 is 0 Å². The van der Waals surface area contributed by atoms with Crippen LogP contribution in [0.25, 0.3) is 11.4 Å². The van der Waals surface area contributed by atoms with Crippen molar-refractivity contribution in [3.05, 3.63) is 72.3 Å². The van der Waals surface area contributed by atoms with E-state index < -0.39 is 0 Å². The highest BCUT2D eigenvalue weighted by molar-refractivity contribution is 5.94. The molecule has 1 amide bonds. The number of hydrogen-bond acceptors (Lipinski definition) is 4. The SMILES string of the molecule is Cn1ccnc1-c1ccc(C(=O)N2CCN(Cc3ccccn3)CC2)cc1. The smallest absolute Gasteiger partial charge is 0.253 e. The average Bonchev–Trinajstić information content (AvgIpc) is 3.15. The molecule has 0 bridgehead atoms. The molecule has 1 fully saturated rings. The standard InChI is InChI=1S/C21H23N5O/c1-24-11-10-23-20(24)17-5-7-18(8-6-17)21(27)26-14-12-25(13-15-26)16-19-4-2-3-9-22-19/h2-11H,12-16H2,1H3. The Kier molecular flexibility index (Phi) is 4.98. The second kappa shape index (κ2) is 7.72. The fourth-order valence-electron chi connectivity index (χ4n) is 3.42. The number of pyridine rings is 1. The number of aromatic nitrogens is 3. The Morgan fingerprint density at radius 1 is 0.963 bits per heavy atom. The van der Waals surface area contributed by atoms with Crippen LogP contribution >= 0.6 is 0 Å². The van der Waals surface area contributed by atoms with Gasteiger partial charge in [0.25, 0.3) is 5.91 Å². The number of aryl methyl sites for hydroxylation is 1. The van der Waals surface area contributed by atoms with Crippen LogP contribution in [0.4, 0.5) is 0 Å². The van der Waals surface area contributed by atoms with E-state index in [1.165, 1.54) is 0 Å². The van der Waals surface area contributed by atoms with E-state index in [1.54, 1.807) is 6.20 Å². The molecule has 1 aliphatic rings. The first kappa shape index (κ1) is 17.4. The molecule has 138 valence electrons. The van der Waals surface area contributed by atoms with Gasteiger partial charge in [0, 0.05) is 69.5 Å². The molecule has 3 aromatic rings. The summed E-state index contributed by atoms with van der Waals surface area (Å²) in [5.74, 6) is 0.996. The van der Waals surface area contributed by atoms with E-state index in [1.807, 2.05) is 71.4 Å². The van der Waals surface area contributed by atoms with Gasteiger partial charge in [0.1, 0.15) is 5.82 Å². The minimum absolute atomic E-state index is 0.0962. The van der Waals surface area contributed by atoms with Crippen molar-refractivity contribution < 1.29 is 4.79 Å². The number of imidazole rings is 1. The topological polar surface area (TPSA) is 54.3 Å². The lowest BCUT2D eigenvalue weighted by Gasteiger charge is -2.34. The molecule has 0 spiro atoms. The third kappa shape index (κ3) is 3.90. The number of rotatable bonds is 4. The average molecular weight is 361 g/mol. The van der Waals surface area contributed by atoms with E-state index in [-0.39, 0.29) is 5.91 Å². The predicted molar refractivity (Wildman–Crippen MR) is 104 cm³/mol. The van der Waals surface area contributed by atoms with Crippen molar-refractivity contribution in [3.8, 4) is 11.4 Å². The van der Waals surface area contributed by atoms with Crippen molar-refractivity contribution in [3.63, 3.8) is 0 Å². The van der Waals surface area contributed by atoms with Crippen LogP contribution in [-0.2, 0) is 13.6 Å². The highest BCUT2D eigenvalue weighted by atomic mass is 16.2. The Morgan fingerprint density at radius 2 is 1.74 bits per heavy atom. The largest absolute Gasteiger partial charge is 0.336 e. The lowest BCUT2D eigenvalue weighted by Crippen LogP contribution is -2.48. The van der Waals surface area contributed by atoms with Gasteiger partial charge < -0.3 is 9.47 Å². The maximum absolute atomic E-state index is 12.8. The van der Waals surface area contributed by atoms with Crippen LogP contribution in [0.3, 0.4) is 0 Å². The second-order valence-corrected chi connectivity index (χ2v) is 6.83. The number of piperazine rings is 1. The molecule has 0 saturated carbocycles. The van der Waals surface area contributed by atoms with Crippen molar-refractivity contribution in [1.82, 2.24) is 24.3 Å². The zero-order chi connectivity index (χ0) is 18.6. The molecule has 1 aromatic carbocycles. The predicted octanol–water partition coefficient (Wildman–Crippen LogP) is 2.44. The van der Waals surface area contributed by atoms with Crippen LogP contribution in [0, 0.1) is 0 Å². The summed E-state index contributed by atoms with van der Waals surface area (Å²) >= 11 is 0. The Hall–Kier alpha value is -2.99. The maximum Gasteiger partial charge on any atom is 0.253 e. The fraction of sp³-hybridized carbons (Fsp3) is 0.286. The number of benzene rings is 1. The van der Waals surface area contributed by atoms with Gasteiger partial charge >= 0.3 is 0 Å². The first-order valence-electron chi connectivity index (χ1n) is 9.20. The van der Waals surface area contributed by atoms with Crippen molar-refractivity contribution in [2.75, 3.05) is 26.2 Å². The van der Waals surface area contributed by atoms with Gasteiger partial charge in [0.05, 0.1) is 5.69 Å². The molecule has 0 unspecified atom stereocenters. The van der Waals surface area contributed by atoms with Crippen LogP contribution in [-0.4, -0.2) is 56.4 Å². The van der Waals surface area contributed by atoms with Gasteiger partial charge in [-0.3, -0.25) is 14.7 Å². The van der Waals surface area contributed by atoms with Gasteiger partial charge in [-0.25, -0.2) is 4.98 Å². The summed E-state index contributed by atoms with van der Waals surface area (Å²) in [6.45, 7) is 4.06. The van der Waals surface area contributed by atoms with E-state index in [2.05, 4.69) is 14.9 Å². The molecular formula is C21H23N5O. The molecule has 6 nitrogen and oxygen atoms in total. The van der Waals surface area contributed by atoms with Crippen molar-refractivity contribution in [2.45, 2.75) is 6.54 Å². The highest BCUT2D eigenvalue weighted by Gasteiger charge is 2.22.